The summed E-state index contributed by atoms with van der Waals surface area (Å²) in [6.45, 7) is 2.04. The SMILES string of the molecule is Cc1ccc(-c2c3ccccc3cc[n+]2[O-])cc1. The molecule has 0 saturated carbocycles. The van der Waals surface area contributed by atoms with E-state index in [0.717, 1.165) is 21.1 Å². The molecule has 3 rings (SSSR count). The van der Waals surface area contributed by atoms with Crippen LogP contribution in [0.3, 0.4) is 0 Å². The minimum atomic E-state index is 0.716. The minimum Gasteiger partial charge on any atom is -0.618 e. The molecule has 2 heteroatoms. The number of nitrogens with zero attached hydrogens (tertiary/aromatic N) is 1. The Balaban J connectivity index is 2.33. The highest BCUT2D eigenvalue weighted by Gasteiger charge is 2.12. The molecule has 2 aromatic carbocycles. The Kier molecular flexibility index (Phi) is 2.49. The van der Waals surface area contributed by atoms with Crippen molar-refractivity contribution in [2.45, 2.75) is 6.92 Å². The summed E-state index contributed by atoms with van der Waals surface area (Å²) in [5.41, 5.74) is 2.86. The van der Waals surface area contributed by atoms with E-state index in [1.807, 2.05) is 61.5 Å². The quantitative estimate of drug-likeness (QED) is 0.469. The second-order valence-electron chi connectivity index (χ2n) is 4.44. The molecule has 0 aliphatic heterocycles. The third kappa shape index (κ3) is 1.72. The second kappa shape index (κ2) is 4.15. The highest BCUT2D eigenvalue weighted by atomic mass is 16.5. The van der Waals surface area contributed by atoms with Crippen LogP contribution in [-0.4, -0.2) is 0 Å². The fourth-order valence-electron chi connectivity index (χ4n) is 2.19. The minimum absolute atomic E-state index is 0.716. The van der Waals surface area contributed by atoms with Crippen molar-refractivity contribution in [3.8, 4) is 11.3 Å². The van der Waals surface area contributed by atoms with Gasteiger partial charge in [-0.15, -0.1) is 0 Å². The first kappa shape index (κ1) is 10.8. The van der Waals surface area contributed by atoms with Crippen molar-refractivity contribution in [3.05, 3.63) is 71.6 Å². The Morgan fingerprint density at radius 3 is 2.39 bits per heavy atom. The number of benzene rings is 2. The van der Waals surface area contributed by atoms with Crippen molar-refractivity contribution in [2.24, 2.45) is 0 Å². The summed E-state index contributed by atoms with van der Waals surface area (Å²) in [4.78, 5) is 0. The van der Waals surface area contributed by atoms with Crippen molar-refractivity contribution < 1.29 is 4.73 Å². The van der Waals surface area contributed by atoms with Crippen LogP contribution in [-0.2, 0) is 0 Å². The Bertz CT molecular complexity index is 702. The zero-order chi connectivity index (χ0) is 12.5. The van der Waals surface area contributed by atoms with Crippen LogP contribution in [0.5, 0.6) is 0 Å². The second-order valence-corrected chi connectivity index (χ2v) is 4.44. The van der Waals surface area contributed by atoms with Gasteiger partial charge in [-0.3, -0.25) is 0 Å². The number of hydrogen-bond donors (Lipinski definition) is 0. The van der Waals surface area contributed by atoms with E-state index in [1.54, 1.807) is 6.20 Å². The zero-order valence-corrected chi connectivity index (χ0v) is 10.1. The van der Waals surface area contributed by atoms with Crippen molar-refractivity contribution in [1.29, 1.82) is 0 Å². The van der Waals surface area contributed by atoms with Crippen LogP contribution in [0.1, 0.15) is 5.56 Å². The summed E-state index contributed by atoms with van der Waals surface area (Å²) in [5, 5.41) is 14.1. The number of rotatable bonds is 1. The van der Waals surface area contributed by atoms with Crippen LogP contribution in [0.25, 0.3) is 22.0 Å². The maximum absolute atomic E-state index is 12.0. The molecule has 0 spiro atoms. The van der Waals surface area contributed by atoms with Crippen LogP contribution in [0.2, 0.25) is 0 Å². The summed E-state index contributed by atoms with van der Waals surface area (Å²) >= 11 is 0. The molecule has 0 radical (unpaired) electrons. The molecule has 0 atom stereocenters. The highest BCUT2D eigenvalue weighted by molar-refractivity contribution is 5.92. The first-order valence-electron chi connectivity index (χ1n) is 5.94. The van der Waals surface area contributed by atoms with Gasteiger partial charge < -0.3 is 5.21 Å². The van der Waals surface area contributed by atoms with E-state index in [9.17, 15) is 5.21 Å². The van der Waals surface area contributed by atoms with Gasteiger partial charge in [0.25, 0.3) is 0 Å². The number of hydrogen-bond acceptors (Lipinski definition) is 1. The van der Waals surface area contributed by atoms with E-state index < -0.39 is 0 Å². The van der Waals surface area contributed by atoms with Gasteiger partial charge in [0.05, 0.1) is 5.39 Å². The van der Waals surface area contributed by atoms with E-state index in [2.05, 4.69) is 0 Å². The number of fused-ring (bicyclic) bond motifs is 1. The van der Waals surface area contributed by atoms with Gasteiger partial charge in [-0.25, -0.2) is 0 Å². The van der Waals surface area contributed by atoms with Gasteiger partial charge in [-0.1, -0.05) is 35.9 Å². The van der Waals surface area contributed by atoms with Crippen molar-refractivity contribution in [1.82, 2.24) is 0 Å². The Hall–Kier alpha value is -2.35. The molecule has 0 saturated heterocycles. The lowest BCUT2D eigenvalue weighted by molar-refractivity contribution is -0.592. The lowest BCUT2D eigenvalue weighted by Gasteiger charge is -2.08. The molecule has 0 bridgehead atoms. The average molecular weight is 235 g/mol. The Morgan fingerprint density at radius 1 is 0.889 bits per heavy atom. The molecule has 0 amide bonds. The van der Waals surface area contributed by atoms with Gasteiger partial charge in [-0.05, 0) is 30.5 Å². The molecule has 0 unspecified atom stereocenters. The first-order valence-corrected chi connectivity index (χ1v) is 5.94. The Morgan fingerprint density at radius 2 is 1.61 bits per heavy atom. The maximum Gasteiger partial charge on any atom is 0.231 e. The van der Waals surface area contributed by atoms with Gasteiger partial charge >= 0.3 is 0 Å². The lowest BCUT2D eigenvalue weighted by Crippen LogP contribution is -2.28. The third-order valence-electron chi connectivity index (χ3n) is 3.15. The van der Waals surface area contributed by atoms with Crippen LogP contribution in [0.4, 0.5) is 0 Å². The van der Waals surface area contributed by atoms with Crippen LogP contribution in [0, 0.1) is 12.1 Å². The van der Waals surface area contributed by atoms with Crippen LogP contribution < -0.4 is 4.73 Å². The van der Waals surface area contributed by atoms with Crippen LogP contribution in [0.15, 0.2) is 60.8 Å². The van der Waals surface area contributed by atoms with Gasteiger partial charge in [0.2, 0.25) is 5.69 Å². The summed E-state index contributed by atoms with van der Waals surface area (Å²) in [6, 6.07) is 17.8. The molecule has 0 aliphatic rings. The summed E-state index contributed by atoms with van der Waals surface area (Å²) < 4.78 is 0.938. The molecule has 1 heterocycles. The summed E-state index contributed by atoms with van der Waals surface area (Å²) in [5.74, 6) is 0. The normalized spacial score (nSPS) is 10.7. The molecule has 0 fully saturated rings. The van der Waals surface area contributed by atoms with Crippen molar-refractivity contribution in [3.63, 3.8) is 0 Å². The summed E-state index contributed by atoms with van der Waals surface area (Å²) in [6.07, 6.45) is 1.57. The average Bonchev–Trinajstić information content (AvgIpc) is 2.40. The first-order chi connectivity index (χ1) is 8.75. The van der Waals surface area contributed by atoms with Crippen LogP contribution >= 0.6 is 0 Å². The molecule has 1 aromatic heterocycles. The van der Waals surface area contributed by atoms with E-state index in [1.165, 1.54) is 5.56 Å². The number of aryl methyl sites for hydroxylation is 1. The lowest BCUT2D eigenvalue weighted by atomic mass is 10.0. The monoisotopic (exact) mass is 235 g/mol. The smallest absolute Gasteiger partial charge is 0.231 e. The van der Waals surface area contributed by atoms with Gasteiger partial charge in [0, 0.05) is 11.6 Å². The molecule has 2 nitrogen and oxygen atoms in total. The zero-order valence-electron chi connectivity index (χ0n) is 10.1. The standard InChI is InChI=1S/C16H13NO/c1-12-6-8-14(9-7-12)16-15-5-3-2-4-13(15)10-11-17(16)18/h2-11H,1H3. The van der Waals surface area contributed by atoms with Crippen molar-refractivity contribution in [2.75, 3.05) is 0 Å². The molecule has 3 aromatic rings. The van der Waals surface area contributed by atoms with E-state index >= 15 is 0 Å². The summed E-state index contributed by atoms with van der Waals surface area (Å²) in [7, 11) is 0. The number of aromatic nitrogens is 1. The van der Waals surface area contributed by atoms with E-state index in [4.69, 9.17) is 0 Å². The molecule has 0 N–H and O–H groups in total. The van der Waals surface area contributed by atoms with E-state index in [0.29, 0.717) is 5.69 Å². The predicted octanol–water partition coefficient (Wildman–Crippen LogP) is 3.45. The molecular weight excluding hydrogens is 222 g/mol. The third-order valence-corrected chi connectivity index (χ3v) is 3.15. The number of pyridine rings is 1. The molecular formula is C16H13NO. The van der Waals surface area contributed by atoms with Crippen molar-refractivity contribution >= 4 is 10.8 Å². The van der Waals surface area contributed by atoms with Gasteiger partial charge in [-0.2, -0.15) is 4.73 Å². The molecule has 88 valence electrons. The van der Waals surface area contributed by atoms with Gasteiger partial charge in [0.15, 0.2) is 6.20 Å². The van der Waals surface area contributed by atoms with E-state index in [-0.39, 0.29) is 0 Å². The molecule has 18 heavy (non-hydrogen) atoms. The maximum atomic E-state index is 12.0. The topological polar surface area (TPSA) is 26.9 Å². The fraction of sp³-hybridized carbons (Fsp3) is 0.0625. The fourth-order valence-corrected chi connectivity index (χ4v) is 2.19. The predicted molar refractivity (Wildman–Crippen MR) is 73.1 cm³/mol. The Labute approximate surface area is 106 Å². The highest BCUT2D eigenvalue weighted by Crippen LogP contribution is 2.25. The largest absolute Gasteiger partial charge is 0.618 e. The molecule has 0 aliphatic carbocycles. The van der Waals surface area contributed by atoms with Gasteiger partial charge in [0.1, 0.15) is 0 Å².